The summed E-state index contributed by atoms with van der Waals surface area (Å²) in [5, 5.41) is 2.88. The van der Waals surface area contributed by atoms with Gasteiger partial charge >= 0.3 is 0 Å². The van der Waals surface area contributed by atoms with Crippen molar-refractivity contribution in [3.8, 4) is 0 Å². The number of hydrogen-bond acceptors (Lipinski definition) is 2. The maximum atomic E-state index is 6.20. The fraction of sp³-hybridized carbons (Fsp3) is 0.667. The average molecular weight is 244 g/mol. The SMILES string of the molecule is NC(CC1CCCCC1)c1sccc1Cl. The van der Waals surface area contributed by atoms with Crippen molar-refractivity contribution in [2.75, 3.05) is 0 Å². The van der Waals surface area contributed by atoms with Gasteiger partial charge in [-0.3, -0.25) is 0 Å². The van der Waals surface area contributed by atoms with Gasteiger partial charge in [0.15, 0.2) is 0 Å². The molecule has 2 rings (SSSR count). The van der Waals surface area contributed by atoms with E-state index in [1.807, 2.05) is 11.4 Å². The molecule has 0 amide bonds. The second-order valence-electron chi connectivity index (χ2n) is 4.48. The Labute approximate surface area is 101 Å². The Balaban J connectivity index is 1.91. The van der Waals surface area contributed by atoms with Crippen molar-refractivity contribution in [2.45, 2.75) is 44.6 Å². The Kier molecular flexibility index (Phi) is 4.06. The summed E-state index contributed by atoms with van der Waals surface area (Å²) in [4.78, 5) is 1.17. The minimum absolute atomic E-state index is 0.153. The van der Waals surface area contributed by atoms with Crippen molar-refractivity contribution in [1.82, 2.24) is 0 Å². The smallest absolute Gasteiger partial charge is 0.0561 e. The van der Waals surface area contributed by atoms with Crippen molar-refractivity contribution in [3.63, 3.8) is 0 Å². The lowest BCUT2D eigenvalue weighted by atomic mass is 9.85. The Hall–Kier alpha value is -0.0500. The first-order valence-electron chi connectivity index (χ1n) is 5.76. The van der Waals surface area contributed by atoms with Crippen LogP contribution in [0.25, 0.3) is 0 Å². The van der Waals surface area contributed by atoms with Crippen LogP contribution in [0, 0.1) is 5.92 Å². The third kappa shape index (κ3) is 2.96. The van der Waals surface area contributed by atoms with Crippen LogP contribution in [0.2, 0.25) is 5.02 Å². The van der Waals surface area contributed by atoms with E-state index < -0.39 is 0 Å². The van der Waals surface area contributed by atoms with Gasteiger partial charge in [-0.15, -0.1) is 11.3 Å². The highest BCUT2D eigenvalue weighted by Crippen LogP contribution is 2.35. The van der Waals surface area contributed by atoms with Gasteiger partial charge in [-0.25, -0.2) is 0 Å². The van der Waals surface area contributed by atoms with Crippen molar-refractivity contribution in [2.24, 2.45) is 11.7 Å². The van der Waals surface area contributed by atoms with Gasteiger partial charge in [0.05, 0.1) is 5.02 Å². The molecule has 0 radical (unpaired) electrons. The van der Waals surface area contributed by atoms with Gasteiger partial charge in [-0.05, 0) is 23.8 Å². The van der Waals surface area contributed by atoms with Crippen molar-refractivity contribution >= 4 is 22.9 Å². The van der Waals surface area contributed by atoms with Crippen molar-refractivity contribution in [1.29, 1.82) is 0 Å². The first-order valence-corrected chi connectivity index (χ1v) is 7.01. The van der Waals surface area contributed by atoms with Gasteiger partial charge in [0.2, 0.25) is 0 Å². The molecule has 1 saturated carbocycles. The van der Waals surface area contributed by atoms with Crippen LogP contribution in [-0.4, -0.2) is 0 Å². The van der Waals surface area contributed by atoms with E-state index in [0.717, 1.165) is 17.4 Å². The van der Waals surface area contributed by atoms with E-state index in [4.69, 9.17) is 17.3 Å². The molecular weight excluding hydrogens is 226 g/mol. The van der Waals surface area contributed by atoms with Crippen LogP contribution in [0.15, 0.2) is 11.4 Å². The second-order valence-corrected chi connectivity index (χ2v) is 5.83. The number of hydrogen-bond donors (Lipinski definition) is 1. The molecule has 1 aliphatic rings. The Morgan fingerprint density at radius 3 is 2.73 bits per heavy atom. The third-order valence-corrected chi connectivity index (χ3v) is 4.78. The first kappa shape index (κ1) is 11.4. The van der Waals surface area contributed by atoms with Gasteiger partial charge in [0.1, 0.15) is 0 Å². The summed E-state index contributed by atoms with van der Waals surface area (Å²) in [5.74, 6) is 0.826. The van der Waals surface area contributed by atoms with Crippen molar-refractivity contribution in [3.05, 3.63) is 21.3 Å². The zero-order valence-electron chi connectivity index (χ0n) is 8.92. The maximum absolute atomic E-state index is 6.20. The monoisotopic (exact) mass is 243 g/mol. The van der Waals surface area contributed by atoms with Crippen molar-refractivity contribution < 1.29 is 0 Å². The highest BCUT2D eigenvalue weighted by molar-refractivity contribution is 7.10. The second kappa shape index (κ2) is 5.33. The number of rotatable bonds is 3. The van der Waals surface area contributed by atoms with E-state index >= 15 is 0 Å². The molecule has 2 N–H and O–H groups in total. The first-order chi connectivity index (χ1) is 7.27. The Morgan fingerprint density at radius 2 is 2.13 bits per heavy atom. The molecule has 0 saturated heterocycles. The fourth-order valence-corrected chi connectivity index (χ4v) is 3.67. The van der Waals surface area contributed by atoms with E-state index in [2.05, 4.69) is 0 Å². The van der Waals surface area contributed by atoms with E-state index in [1.165, 1.54) is 37.0 Å². The molecule has 1 nitrogen and oxygen atoms in total. The zero-order chi connectivity index (χ0) is 10.7. The largest absolute Gasteiger partial charge is 0.323 e. The Bertz CT molecular complexity index is 304. The lowest BCUT2D eigenvalue weighted by Gasteiger charge is -2.24. The molecule has 1 aromatic rings. The predicted octanol–water partition coefficient (Wildman–Crippen LogP) is 4.37. The van der Waals surface area contributed by atoms with Crippen LogP contribution in [0.3, 0.4) is 0 Å². The molecule has 1 unspecified atom stereocenters. The van der Waals surface area contributed by atoms with Crippen LogP contribution in [0.1, 0.15) is 49.4 Å². The van der Waals surface area contributed by atoms with E-state index in [0.29, 0.717) is 0 Å². The van der Waals surface area contributed by atoms with Crippen LogP contribution < -0.4 is 5.73 Å². The summed E-state index contributed by atoms with van der Waals surface area (Å²) < 4.78 is 0. The van der Waals surface area contributed by atoms with Gasteiger partial charge in [0.25, 0.3) is 0 Å². The summed E-state index contributed by atoms with van der Waals surface area (Å²) in [6.07, 6.45) is 8.00. The molecule has 15 heavy (non-hydrogen) atoms. The molecule has 1 heterocycles. The number of thiophene rings is 1. The molecule has 1 aliphatic carbocycles. The highest BCUT2D eigenvalue weighted by Gasteiger charge is 2.19. The molecular formula is C12H18ClNS. The molecule has 1 atom stereocenters. The minimum Gasteiger partial charge on any atom is -0.323 e. The summed E-state index contributed by atoms with van der Waals surface area (Å²) in [6.45, 7) is 0. The molecule has 84 valence electrons. The Morgan fingerprint density at radius 1 is 1.40 bits per heavy atom. The van der Waals surface area contributed by atoms with Gasteiger partial charge in [-0.1, -0.05) is 43.7 Å². The molecule has 0 aliphatic heterocycles. The molecule has 3 heteroatoms. The fourth-order valence-electron chi connectivity index (χ4n) is 2.46. The maximum Gasteiger partial charge on any atom is 0.0561 e. The zero-order valence-corrected chi connectivity index (χ0v) is 10.5. The molecule has 0 spiro atoms. The standard InChI is InChI=1S/C12H18ClNS/c13-10-6-7-15-12(10)11(14)8-9-4-2-1-3-5-9/h6-7,9,11H,1-5,8,14H2. The lowest BCUT2D eigenvalue weighted by Crippen LogP contribution is -2.16. The van der Waals surface area contributed by atoms with Gasteiger partial charge in [-0.2, -0.15) is 0 Å². The highest BCUT2D eigenvalue weighted by atomic mass is 35.5. The van der Waals surface area contributed by atoms with E-state index in [9.17, 15) is 0 Å². The van der Waals surface area contributed by atoms with Crippen LogP contribution in [-0.2, 0) is 0 Å². The normalized spacial score (nSPS) is 20.4. The van der Waals surface area contributed by atoms with Crippen LogP contribution >= 0.6 is 22.9 Å². The summed E-state index contributed by atoms with van der Waals surface area (Å²) in [6, 6.07) is 2.10. The summed E-state index contributed by atoms with van der Waals surface area (Å²) in [7, 11) is 0. The third-order valence-electron chi connectivity index (χ3n) is 3.29. The topological polar surface area (TPSA) is 26.0 Å². The molecule has 1 fully saturated rings. The predicted molar refractivity (Wildman–Crippen MR) is 67.4 cm³/mol. The van der Waals surface area contributed by atoms with E-state index in [1.54, 1.807) is 11.3 Å². The summed E-state index contributed by atoms with van der Waals surface area (Å²) in [5.41, 5.74) is 6.20. The number of halogens is 1. The van der Waals surface area contributed by atoms with Crippen LogP contribution in [0.4, 0.5) is 0 Å². The van der Waals surface area contributed by atoms with Crippen LogP contribution in [0.5, 0.6) is 0 Å². The van der Waals surface area contributed by atoms with E-state index in [-0.39, 0.29) is 6.04 Å². The number of nitrogens with two attached hydrogens (primary N) is 1. The minimum atomic E-state index is 0.153. The molecule has 1 aromatic heterocycles. The molecule has 0 aromatic carbocycles. The lowest BCUT2D eigenvalue weighted by molar-refractivity contribution is 0.320. The quantitative estimate of drug-likeness (QED) is 0.838. The average Bonchev–Trinajstić information content (AvgIpc) is 2.66. The van der Waals surface area contributed by atoms with Gasteiger partial charge < -0.3 is 5.73 Å². The summed E-state index contributed by atoms with van der Waals surface area (Å²) >= 11 is 7.77. The van der Waals surface area contributed by atoms with Gasteiger partial charge in [0, 0.05) is 10.9 Å². The molecule has 0 bridgehead atoms.